The predicted octanol–water partition coefficient (Wildman–Crippen LogP) is 3.39. The van der Waals surface area contributed by atoms with Gasteiger partial charge in [-0.1, -0.05) is 6.92 Å². The Hall–Kier alpha value is -0.380. The molecule has 1 N–H and O–H groups in total. The van der Waals surface area contributed by atoms with Crippen LogP contribution in [0.5, 0.6) is 0 Å². The van der Waals surface area contributed by atoms with Crippen molar-refractivity contribution in [1.29, 1.82) is 0 Å². The van der Waals surface area contributed by atoms with E-state index in [9.17, 15) is 5.11 Å². The van der Waals surface area contributed by atoms with Crippen molar-refractivity contribution >= 4 is 11.3 Å². The van der Waals surface area contributed by atoms with Crippen LogP contribution in [0.1, 0.15) is 45.1 Å². The van der Waals surface area contributed by atoms with Gasteiger partial charge in [-0.25, -0.2) is 0 Å². The van der Waals surface area contributed by atoms with E-state index in [1.807, 2.05) is 0 Å². The first-order valence-electron chi connectivity index (χ1n) is 6.43. The zero-order valence-corrected chi connectivity index (χ0v) is 11.6. The summed E-state index contributed by atoms with van der Waals surface area (Å²) in [6, 6.07) is 2.15. The fourth-order valence-corrected chi connectivity index (χ4v) is 3.28. The number of thiophene rings is 1. The van der Waals surface area contributed by atoms with Crippen molar-refractivity contribution < 1.29 is 9.84 Å². The number of ether oxygens (including phenoxy) is 1. The van der Waals surface area contributed by atoms with Gasteiger partial charge in [0, 0.05) is 6.42 Å². The molecule has 0 radical (unpaired) electrons. The van der Waals surface area contributed by atoms with E-state index in [1.165, 1.54) is 5.56 Å². The molecule has 0 aliphatic carbocycles. The summed E-state index contributed by atoms with van der Waals surface area (Å²) in [6.45, 7) is 4.93. The number of aliphatic hydroxyl groups is 1. The molecule has 1 aromatic rings. The summed E-state index contributed by atoms with van der Waals surface area (Å²) >= 11 is 1.72. The topological polar surface area (TPSA) is 29.5 Å². The molecule has 0 aromatic carbocycles. The summed E-state index contributed by atoms with van der Waals surface area (Å²) in [5.41, 5.74) is 0.667. The molecular formula is C14H22O2S. The Balaban J connectivity index is 1.94. The van der Waals surface area contributed by atoms with Crippen LogP contribution < -0.4 is 0 Å². The standard InChI is InChI=1S/C14H22O2S/c1-3-13(2)11-14(15,7-8-16-13)6-4-12-5-9-17-10-12/h5,9-10,15H,3-4,6-8,11H2,1-2H3. The van der Waals surface area contributed by atoms with Crippen molar-refractivity contribution in [2.45, 2.75) is 57.2 Å². The van der Waals surface area contributed by atoms with Crippen LogP contribution in [-0.4, -0.2) is 22.9 Å². The molecule has 0 bridgehead atoms. The van der Waals surface area contributed by atoms with Gasteiger partial charge in [-0.05, 0) is 55.0 Å². The van der Waals surface area contributed by atoms with Gasteiger partial charge in [0.1, 0.15) is 0 Å². The number of hydrogen-bond acceptors (Lipinski definition) is 3. The van der Waals surface area contributed by atoms with Gasteiger partial charge in [-0.2, -0.15) is 11.3 Å². The second-order valence-electron chi connectivity index (χ2n) is 5.43. The van der Waals surface area contributed by atoms with Gasteiger partial charge < -0.3 is 9.84 Å². The van der Waals surface area contributed by atoms with Gasteiger partial charge in [0.25, 0.3) is 0 Å². The van der Waals surface area contributed by atoms with Crippen LogP contribution in [0.3, 0.4) is 0 Å². The van der Waals surface area contributed by atoms with E-state index in [0.717, 1.165) is 32.1 Å². The first-order valence-corrected chi connectivity index (χ1v) is 7.37. The fraction of sp³-hybridized carbons (Fsp3) is 0.714. The van der Waals surface area contributed by atoms with Crippen molar-refractivity contribution in [3.63, 3.8) is 0 Å². The van der Waals surface area contributed by atoms with Crippen LogP contribution >= 0.6 is 11.3 Å². The van der Waals surface area contributed by atoms with E-state index in [2.05, 4.69) is 30.7 Å². The Morgan fingerprint density at radius 3 is 3.00 bits per heavy atom. The van der Waals surface area contributed by atoms with E-state index < -0.39 is 5.60 Å². The van der Waals surface area contributed by atoms with E-state index in [4.69, 9.17) is 4.74 Å². The lowest BCUT2D eigenvalue weighted by atomic mass is 9.79. The van der Waals surface area contributed by atoms with Gasteiger partial charge in [0.15, 0.2) is 0 Å². The molecule has 96 valence electrons. The summed E-state index contributed by atoms with van der Waals surface area (Å²) in [7, 11) is 0. The summed E-state index contributed by atoms with van der Waals surface area (Å²) in [5, 5.41) is 14.9. The zero-order chi connectivity index (χ0) is 12.4. The van der Waals surface area contributed by atoms with E-state index >= 15 is 0 Å². The van der Waals surface area contributed by atoms with Crippen molar-refractivity contribution in [1.82, 2.24) is 0 Å². The quantitative estimate of drug-likeness (QED) is 0.892. The maximum absolute atomic E-state index is 10.7. The molecule has 3 heteroatoms. The third kappa shape index (κ3) is 3.30. The van der Waals surface area contributed by atoms with Gasteiger partial charge in [-0.3, -0.25) is 0 Å². The highest BCUT2D eigenvalue weighted by Gasteiger charge is 2.40. The predicted molar refractivity (Wildman–Crippen MR) is 71.5 cm³/mol. The van der Waals surface area contributed by atoms with Crippen LogP contribution in [0.2, 0.25) is 0 Å². The average Bonchev–Trinajstić information content (AvgIpc) is 2.79. The fourth-order valence-electron chi connectivity index (χ4n) is 2.58. The highest BCUT2D eigenvalue weighted by molar-refractivity contribution is 7.07. The molecule has 2 unspecified atom stereocenters. The van der Waals surface area contributed by atoms with Crippen LogP contribution in [0.4, 0.5) is 0 Å². The van der Waals surface area contributed by atoms with E-state index in [-0.39, 0.29) is 5.60 Å². The number of aryl methyl sites for hydroxylation is 1. The van der Waals surface area contributed by atoms with Crippen LogP contribution in [0, 0.1) is 0 Å². The SMILES string of the molecule is CCC1(C)CC(O)(CCc2ccsc2)CCO1. The molecule has 2 nitrogen and oxygen atoms in total. The van der Waals surface area contributed by atoms with Gasteiger partial charge >= 0.3 is 0 Å². The average molecular weight is 254 g/mol. The first kappa shape index (κ1) is 13.1. The Morgan fingerprint density at radius 1 is 1.53 bits per heavy atom. The van der Waals surface area contributed by atoms with Crippen molar-refractivity contribution in [2.24, 2.45) is 0 Å². The Bertz CT molecular complexity index is 349. The lowest BCUT2D eigenvalue weighted by Crippen LogP contribution is -2.47. The molecule has 1 aliphatic heterocycles. The molecule has 2 rings (SSSR count). The minimum Gasteiger partial charge on any atom is -0.390 e. The molecular weight excluding hydrogens is 232 g/mol. The van der Waals surface area contributed by atoms with Crippen LogP contribution in [-0.2, 0) is 11.2 Å². The third-order valence-electron chi connectivity index (χ3n) is 3.93. The number of hydrogen-bond donors (Lipinski definition) is 1. The first-order chi connectivity index (χ1) is 8.05. The summed E-state index contributed by atoms with van der Waals surface area (Å²) in [6.07, 6.45) is 4.32. The molecule has 0 spiro atoms. The maximum atomic E-state index is 10.7. The third-order valence-corrected chi connectivity index (χ3v) is 4.66. The Kier molecular flexibility index (Phi) is 3.91. The minimum absolute atomic E-state index is 0.137. The normalized spacial score (nSPS) is 33.8. The summed E-state index contributed by atoms with van der Waals surface area (Å²) in [5.74, 6) is 0. The smallest absolute Gasteiger partial charge is 0.0700 e. The lowest BCUT2D eigenvalue weighted by molar-refractivity contribution is -0.155. The van der Waals surface area contributed by atoms with Crippen molar-refractivity contribution in [3.05, 3.63) is 22.4 Å². The van der Waals surface area contributed by atoms with Gasteiger partial charge in [0.2, 0.25) is 0 Å². The van der Waals surface area contributed by atoms with Gasteiger partial charge in [0.05, 0.1) is 17.8 Å². The molecule has 2 atom stereocenters. The van der Waals surface area contributed by atoms with Crippen LogP contribution in [0.25, 0.3) is 0 Å². The van der Waals surface area contributed by atoms with Gasteiger partial charge in [-0.15, -0.1) is 0 Å². The summed E-state index contributed by atoms with van der Waals surface area (Å²) in [4.78, 5) is 0. The summed E-state index contributed by atoms with van der Waals surface area (Å²) < 4.78 is 5.79. The second kappa shape index (κ2) is 5.09. The Morgan fingerprint density at radius 2 is 2.35 bits per heavy atom. The maximum Gasteiger partial charge on any atom is 0.0700 e. The zero-order valence-electron chi connectivity index (χ0n) is 10.7. The number of rotatable bonds is 4. The van der Waals surface area contributed by atoms with Crippen molar-refractivity contribution in [2.75, 3.05) is 6.61 Å². The largest absolute Gasteiger partial charge is 0.390 e. The molecule has 2 heterocycles. The van der Waals surface area contributed by atoms with Crippen LogP contribution in [0.15, 0.2) is 16.8 Å². The molecule has 0 amide bonds. The molecule has 1 aliphatic rings. The molecule has 1 saturated heterocycles. The van der Waals surface area contributed by atoms with E-state index in [0.29, 0.717) is 6.61 Å². The molecule has 17 heavy (non-hydrogen) atoms. The minimum atomic E-state index is -0.537. The lowest BCUT2D eigenvalue weighted by Gasteiger charge is -2.43. The monoisotopic (exact) mass is 254 g/mol. The highest BCUT2D eigenvalue weighted by atomic mass is 32.1. The van der Waals surface area contributed by atoms with E-state index in [1.54, 1.807) is 11.3 Å². The van der Waals surface area contributed by atoms with Crippen molar-refractivity contribution in [3.8, 4) is 0 Å². The molecule has 1 aromatic heterocycles. The molecule has 0 saturated carbocycles. The highest BCUT2D eigenvalue weighted by Crippen LogP contribution is 2.37. The molecule has 1 fully saturated rings. The Labute approximate surface area is 108 Å². The second-order valence-corrected chi connectivity index (χ2v) is 6.21.